The van der Waals surface area contributed by atoms with E-state index in [1.807, 2.05) is 38.1 Å². The van der Waals surface area contributed by atoms with Crippen molar-refractivity contribution in [1.82, 2.24) is 10.2 Å². The van der Waals surface area contributed by atoms with Crippen LogP contribution in [-0.2, 0) is 16.8 Å². The molecule has 100 valence electrons. The van der Waals surface area contributed by atoms with Crippen molar-refractivity contribution in [2.45, 2.75) is 44.7 Å². The molecule has 1 aromatic carbocycles. The lowest BCUT2D eigenvalue weighted by Gasteiger charge is -2.33. The van der Waals surface area contributed by atoms with Crippen LogP contribution in [0.15, 0.2) is 24.3 Å². The summed E-state index contributed by atoms with van der Waals surface area (Å²) in [6.45, 7) is 3.73. The van der Waals surface area contributed by atoms with Crippen LogP contribution in [0.3, 0.4) is 0 Å². The Labute approximate surface area is 112 Å². The van der Waals surface area contributed by atoms with Gasteiger partial charge in [0.25, 0.3) is 5.91 Å². The second-order valence-corrected chi connectivity index (χ2v) is 5.62. The predicted octanol–water partition coefficient (Wildman–Crippen LogP) is 2.18. The lowest BCUT2D eigenvalue weighted by Crippen LogP contribution is -2.47. The monoisotopic (exact) mass is 258 g/mol. The van der Waals surface area contributed by atoms with Crippen LogP contribution < -0.4 is 5.32 Å². The summed E-state index contributed by atoms with van der Waals surface area (Å²) in [6.07, 6.45) is 2.59. The van der Waals surface area contributed by atoms with Gasteiger partial charge >= 0.3 is 6.03 Å². The highest BCUT2D eigenvalue weighted by Gasteiger charge is 2.54. The van der Waals surface area contributed by atoms with E-state index in [9.17, 15) is 9.59 Å². The number of rotatable bonds is 1. The van der Waals surface area contributed by atoms with Gasteiger partial charge in [-0.2, -0.15) is 0 Å². The fourth-order valence-electron chi connectivity index (χ4n) is 3.25. The first-order valence-corrected chi connectivity index (χ1v) is 6.80. The number of amides is 3. The Bertz CT molecular complexity index is 553. The Morgan fingerprint density at radius 3 is 2.68 bits per heavy atom. The average molecular weight is 258 g/mol. The average Bonchev–Trinajstić information content (AvgIpc) is 2.62. The van der Waals surface area contributed by atoms with E-state index >= 15 is 0 Å². The molecule has 0 radical (unpaired) electrons. The normalized spacial score (nSPS) is 25.9. The van der Waals surface area contributed by atoms with Crippen LogP contribution in [0.1, 0.15) is 37.8 Å². The molecular formula is C15H18N2O2. The third-order valence-electron chi connectivity index (χ3n) is 4.11. The number of fused-ring (bicyclic) bond motifs is 2. The number of benzene rings is 1. The largest absolute Gasteiger partial charge is 0.325 e. The molecule has 1 fully saturated rings. The van der Waals surface area contributed by atoms with Gasteiger partial charge in [0.1, 0.15) is 5.54 Å². The van der Waals surface area contributed by atoms with Crippen LogP contribution >= 0.6 is 0 Å². The summed E-state index contributed by atoms with van der Waals surface area (Å²) in [5.41, 5.74) is 1.33. The summed E-state index contributed by atoms with van der Waals surface area (Å²) >= 11 is 0. The smallest absolute Gasteiger partial charge is 0.319 e. The molecule has 19 heavy (non-hydrogen) atoms. The third-order valence-corrected chi connectivity index (χ3v) is 4.11. The van der Waals surface area contributed by atoms with Crippen LogP contribution in [0.4, 0.5) is 4.79 Å². The number of carbonyl (C=O) groups is 2. The molecule has 3 amide bonds. The molecule has 1 heterocycles. The Kier molecular flexibility index (Phi) is 2.62. The second kappa shape index (κ2) is 4.08. The maximum absolute atomic E-state index is 12.7. The lowest BCUT2D eigenvalue weighted by molar-refractivity contribution is -0.133. The van der Waals surface area contributed by atoms with Gasteiger partial charge in [-0.15, -0.1) is 0 Å². The van der Waals surface area contributed by atoms with E-state index in [0.717, 1.165) is 18.4 Å². The van der Waals surface area contributed by atoms with E-state index < -0.39 is 5.54 Å². The first kappa shape index (κ1) is 12.2. The summed E-state index contributed by atoms with van der Waals surface area (Å²) in [4.78, 5) is 26.2. The lowest BCUT2D eigenvalue weighted by atomic mass is 9.76. The van der Waals surface area contributed by atoms with Crippen molar-refractivity contribution in [3.8, 4) is 0 Å². The molecule has 1 N–H and O–H groups in total. The molecule has 1 atom stereocenters. The van der Waals surface area contributed by atoms with Crippen LogP contribution in [0.25, 0.3) is 0 Å². The highest BCUT2D eigenvalue weighted by molar-refractivity contribution is 6.08. The van der Waals surface area contributed by atoms with Crippen molar-refractivity contribution in [1.29, 1.82) is 0 Å². The number of nitrogens with one attached hydrogen (secondary N) is 1. The Morgan fingerprint density at radius 1 is 1.26 bits per heavy atom. The molecule has 4 heteroatoms. The summed E-state index contributed by atoms with van der Waals surface area (Å²) in [6, 6.07) is 7.56. The van der Waals surface area contributed by atoms with E-state index in [1.165, 1.54) is 10.5 Å². The quantitative estimate of drug-likeness (QED) is 0.785. The van der Waals surface area contributed by atoms with Gasteiger partial charge in [-0.25, -0.2) is 4.79 Å². The van der Waals surface area contributed by atoms with Gasteiger partial charge in [0.15, 0.2) is 0 Å². The first-order chi connectivity index (χ1) is 9.06. The zero-order valence-electron chi connectivity index (χ0n) is 11.3. The van der Waals surface area contributed by atoms with Gasteiger partial charge in [-0.1, -0.05) is 24.3 Å². The van der Waals surface area contributed by atoms with Crippen molar-refractivity contribution in [3.63, 3.8) is 0 Å². The third kappa shape index (κ3) is 1.59. The molecule has 1 spiro atoms. The zero-order valence-corrected chi connectivity index (χ0v) is 11.3. The van der Waals surface area contributed by atoms with Crippen LogP contribution in [-0.4, -0.2) is 22.9 Å². The molecule has 0 unspecified atom stereocenters. The van der Waals surface area contributed by atoms with Crippen molar-refractivity contribution in [3.05, 3.63) is 35.4 Å². The highest BCUT2D eigenvalue weighted by Crippen LogP contribution is 2.40. The number of urea groups is 1. The number of nitrogens with zero attached hydrogens (tertiary/aromatic N) is 1. The summed E-state index contributed by atoms with van der Waals surface area (Å²) in [7, 11) is 0. The van der Waals surface area contributed by atoms with Crippen molar-refractivity contribution in [2.24, 2.45) is 0 Å². The van der Waals surface area contributed by atoms with E-state index in [4.69, 9.17) is 0 Å². The topological polar surface area (TPSA) is 49.4 Å². The summed E-state index contributed by atoms with van der Waals surface area (Å²) < 4.78 is 0. The molecule has 1 aromatic rings. The van der Waals surface area contributed by atoms with Crippen LogP contribution in [0, 0.1) is 0 Å². The fourth-order valence-corrected chi connectivity index (χ4v) is 3.25. The number of hydrogen-bond acceptors (Lipinski definition) is 2. The minimum absolute atomic E-state index is 0.0975. The second-order valence-electron chi connectivity index (χ2n) is 5.62. The van der Waals surface area contributed by atoms with Gasteiger partial charge in [-0.3, -0.25) is 9.69 Å². The van der Waals surface area contributed by atoms with Gasteiger partial charge < -0.3 is 5.32 Å². The van der Waals surface area contributed by atoms with Gasteiger partial charge in [0.05, 0.1) is 0 Å². The van der Waals surface area contributed by atoms with Crippen LogP contribution in [0.2, 0.25) is 0 Å². The Balaban J connectivity index is 2.12. The number of imide groups is 1. The first-order valence-electron chi connectivity index (χ1n) is 6.80. The Morgan fingerprint density at radius 2 is 2.00 bits per heavy atom. The van der Waals surface area contributed by atoms with Gasteiger partial charge in [0, 0.05) is 6.04 Å². The number of carbonyl (C=O) groups excluding carboxylic acids is 2. The molecule has 0 saturated carbocycles. The maximum Gasteiger partial charge on any atom is 0.325 e. The van der Waals surface area contributed by atoms with Crippen LogP contribution in [0.5, 0.6) is 0 Å². The Hall–Kier alpha value is -1.84. The molecule has 1 aliphatic heterocycles. The molecular weight excluding hydrogens is 240 g/mol. The standard InChI is InChI=1S/C15H18N2O2/c1-10(2)17-13(18)15(16-14(17)19)9-5-7-11-6-3-4-8-12(11)15/h3-4,6,8,10H,5,7,9H2,1-2H3,(H,16,19)/t15-/m0/s1. The maximum atomic E-state index is 12.7. The van der Waals surface area contributed by atoms with E-state index in [-0.39, 0.29) is 18.0 Å². The molecule has 1 aliphatic carbocycles. The van der Waals surface area contributed by atoms with E-state index in [0.29, 0.717) is 6.42 Å². The van der Waals surface area contributed by atoms with Gasteiger partial charge in [-0.05, 0) is 44.2 Å². The van der Waals surface area contributed by atoms with E-state index in [1.54, 1.807) is 0 Å². The predicted molar refractivity (Wildman–Crippen MR) is 71.6 cm³/mol. The van der Waals surface area contributed by atoms with Crippen molar-refractivity contribution in [2.75, 3.05) is 0 Å². The minimum Gasteiger partial charge on any atom is -0.319 e. The summed E-state index contributed by atoms with van der Waals surface area (Å²) in [5, 5.41) is 2.94. The molecule has 3 rings (SSSR count). The fraction of sp³-hybridized carbons (Fsp3) is 0.467. The molecule has 4 nitrogen and oxygen atoms in total. The van der Waals surface area contributed by atoms with E-state index in [2.05, 4.69) is 5.32 Å². The zero-order chi connectivity index (χ0) is 13.6. The molecule has 0 bridgehead atoms. The SMILES string of the molecule is CC(C)N1C(=O)N[C@]2(CCCc3ccccc32)C1=O. The highest BCUT2D eigenvalue weighted by atomic mass is 16.2. The number of hydrogen-bond donors (Lipinski definition) is 1. The molecule has 2 aliphatic rings. The van der Waals surface area contributed by atoms with Crippen molar-refractivity contribution < 1.29 is 9.59 Å². The summed E-state index contributed by atoms with van der Waals surface area (Å²) in [5.74, 6) is -0.0975. The van der Waals surface area contributed by atoms with Crippen molar-refractivity contribution >= 4 is 11.9 Å². The molecule has 0 aromatic heterocycles. The minimum atomic E-state index is -0.823. The number of aryl methyl sites for hydroxylation is 1. The molecule has 1 saturated heterocycles. The van der Waals surface area contributed by atoms with Gasteiger partial charge in [0.2, 0.25) is 0 Å².